The van der Waals surface area contributed by atoms with E-state index >= 15 is 0 Å². The second-order valence-electron chi connectivity index (χ2n) is 7.06. The molecule has 11 heteroatoms. The second-order valence-corrected chi connectivity index (χ2v) is 7.98. The Morgan fingerprint density at radius 3 is 1.25 bits per heavy atom. The van der Waals surface area contributed by atoms with Crippen LogP contribution in [0.25, 0.3) is 0 Å². The molecule has 0 saturated heterocycles. The maximum absolute atomic E-state index is 8.22. The molecule has 10 N–H and O–H groups in total. The maximum atomic E-state index is 8.22. The number of anilines is 4. The minimum atomic E-state index is 0.530. The lowest BCUT2D eigenvalue weighted by Crippen LogP contribution is -1.99. The predicted octanol–water partition coefficient (Wildman–Crippen LogP) is 3.96. The highest BCUT2D eigenvalue weighted by atomic mass is 79.9. The van der Waals surface area contributed by atoms with Crippen molar-refractivity contribution in [2.75, 3.05) is 22.9 Å². The van der Waals surface area contributed by atoms with Crippen molar-refractivity contribution in [2.24, 2.45) is 0 Å². The number of nitrogens with two attached hydrogens (primary N) is 4. The summed E-state index contributed by atoms with van der Waals surface area (Å²) in [5.41, 5.74) is 25.8. The van der Waals surface area contributed by atoms with Gasteiger partial charge < -0.3 is 42.3 Å². The van der Waals surface area contributed by atoms with Crippen LogP contribution in [0.5, 0.6) is 11.5 Å². The van der Waals surface area contributed by atoms with Gasteiger partial charge in [0, 0.05) is 39.4 Å². The fourth-order valence-corrected chi connectivity index (χ4v) is 2.89. The highest BCUT2D eigenvalue weighted by Gasteiger charge is 1.93. The fourth-order valence-electron chi connectivity index (χ4n) is 2.47. The van der Waals surface area contributed by atoms with Crippen molar-refractivity contribution in [3.05, 3.63) is 107 Å². The first-order chi connectivity index (χ1) is 17.2. The van der Waals surface area contributed by atoms with E-state index in [1.54, 1.807) is 48.5 Å². The maximum Gasteiger partial charge on any atom is 0.569 e. The van der Waals surface area contributed by atoms with Gasteiger partial charge in [-0.15, -0.1) is 0 Å². The normalized spacial score (nSPS) is 9.00. The molecule has 186 valence electrons. The van der Waals surface area contributed by atoms with Crippen LogP contribution < -0.4 is 32.2 Å². The van der Waals surface area contributed by atoms with Crippen LogP contribution in [0.3, 0.4) is 0 Å². The van der Waals surface area contributed by atoms with Crippen molar-refractivity contribution < 1.29 is 19.4 Å². The third-order valence-electron chi connectivity index (χ3n) is 3.98. The molecule has 4 aromatic carbocycles. The summed E-state index contributed by atoms with van der Waals surface area (Å²) in [7, 11) is 1.24. The largest absolute Gasteiger partial charge is 0.569 e. The van der Waals surface area contributed by atoms with Crippen LogP contribution in [0.4, 0.5) is 22.7 Å². The first-order valence-electron chi connectivity index (χ1n) is 10.5. The van der Waals surface area contributed by atoms with E-state index in [1.807, 2.05) is 55.5 Å². The topological polar surface area (TPSA) is 163 Å². The van der Waals surface area contributed by atoms with Crippen molar-refractivity contribution in [3.8, 4) is 11.5 Å². The van der Waals surface area contributed by atoms with E-state index in [4.69, 9.17) is 33.0 Å². The minimum absolute atomic E-state index is 0.530. The lowest BCUT2D eigenvalue weighted by atomic mass is 10.2. The summed E-state index contributed by atoms with van der Waals surface area (Å²) >= 11 is 3.28. The van der Waals surface area contributed by atoms with Gasteiger partial charge in [0.2, 0.25) is 0 Å². The molecule has 0 amide bonds. The number of aryl methyl sites for hydroxylation is 1. The van der Waals surface area contributed by atoms with Crippen LogP contribution in [-0.2, 0) is 0 Å². The molecule has 0 fully saturated rings. The van der Waals surface area contributed by atoms with Gasteiger partial charge in [-0.2, -0.15) is 0 Å². The van der Waals surface area contributed by atoms with Crippen molar-refractivity contribution in [3.63, 3.8) is 0 Å². The van der Waals surface area contributed by atoms with E-state index < -0.39 is 0 Å². The highest BCUT2D eigenvalue weighted by molar-refractivity contribution is 9.10. The second kappa shape index (κ2) is 17.6. The van der Waals surface area contributed by atoms with E-state index in [1.165, 1.54) is 5.56 Å². The van der Waals surface area contributed by atoms with Gasteiger partial charge in [-0.25, -0.2) is 0 Å². The number of halogens is 1. The number of nitrogen functional groups attached to an aromatic ring is 4. The lowest BCUT2D eigenvalue weighted by molar-refractivity contribution is 0.453. The fraction of sp³-hybridized carbons (Fsp3) is 0.0400. The summed E-state index contributed by atoms with van der Waals surface area (Å²) in [4.78, 5) is 0. The zero-order chi connectivity index (χ0) is 26.8. The van der Waals surface area contributed by atoms with Gasteiger partial charge in [-0.1, -0.05) is 46.3 Å². The Balaban J connectivity index is 0.000000241. The summed E-state index contributed by atoms with van der Waals surface area (Å²) in [5.74, 6) is 1.06. The smallest absolute Gasteiger partial charge is 0.537 e. The predicted molar refractivity (Wildman–Crippen MR) is 153 cm³/mol. The van der Waals surface area contributed by atoms with Crippen LogP contribution >= 0.6 is 15.9 Å². The molecule has 0 atom stereocenters. The zero-order valence-electron chi connectivity index (χ0n) is 19.8. The number of benzene rings is 4. The van der Waals surface area contributed by atoms with E-state index in [2.05, 4.69) is 25.2 Å². The average molecular weight is 551 g/mol. The monoisotopic (exact) mass is 550 g/mol. The van der Waals surface area contributed by atoms with E-state index in [0.717, 1.165) is 15.8 Å². The molecule has 36 heavy (non-hydrogen) atoms. The zero-order valence-corrected chi connectivity index (χ0v) is 21.4. The first kappa shape index (κ1) is 30.2. The van der Waals surface area contributed by atoms with Crippen molar-refractivity contribution in [1.82, 2.24) is 0 Å². The number of rotatable bonds is 4. The van der Waals surface area contributed by atoms with Crippen molar-refractivity contribution >= 4 is 54.0 Å². The molecule has 0 aliphatic rings. The summed E-state index contributed by atoms with van der Waals surface area (Å²) in [6.45, 7) is 2.02. The van der Waals surface area contributed by atoms with Crippen LogP contribution in [0.2, 0.25) is 0 Å². The Hall–Kier alpha value is -3.79. The van der Waals surface area contributed by atoms with Crippen molar-refractivity contribution in [1.29, 1.82) is 0 Å². The Morgan fingerprint density at radius 2 is 0.972 bits per heavy atom. The minimum Gasteiger partial charge on any atom is -0.537 e. The third kappa shape index (κ3) is 14.5. The van der Waals surface area contributed by atoms with E-state index in [9.17, 15) is 0 Å². The average Bonchev–Trinajstić information content (AvgIpc) is 2.81. The molecule has 0 heterocycles. The molecular formula is C25H29B2BrN4O4. The van der Waals surface area contributed by atoms with Crippen LogP contribution in [-0.4, -0.2) is 25.4 Å². The van der Waals surface area contributed by atoms with Crippen LogP contribution in [0.15, 0.2) is 102 Å². The molecule has 0 aliphatic carbocycles. The molecule has 0 unspecified atom stereocenters. The summed E-state index contributed by atoms with van der Waals surface area (Å²) in [6, 6.07) is 29.0. The van der Waals surface area contributed by atoms with Gasteiger partial charge in [0.1, 0.15) is 11.5 Å². The molecule has 2 radical (unpaired) electrons. The van der Waals surface area contributed by atoms with E-state index in [0.29, 0.717) is 38.2 Å². The van der Waals surface area contributed by atoms with Gasteiger partial charge in [0.15, 0.2) is 0 Å². The van der Waals surface area contributed by atoms with Gasteiger partial charge in [0.25, 0.3) is 0 Å². The molecule has 4 rings (SSSR count). The number of hydrogen-bond donors (Lipinski definition) is 6. The summed E-state index contributed by atoms with van der Waals surface area (Å²) in [6.07, 6.45) is 0. The Kier molecular flexibility index (Phi) is 14.8. The molecule has 4 aromatic rings. The van der Waals surface area contributed by atoms with Gasteiger partial charge in [0.05, 0.1) is 0 Å². The van der Waals surface area contributed by atoms with Crippen LogP contribution in [0.1, 0.15) is 5.56 Å². The highest BCUT2D eigenvalue weighted by Crippen LogP contribution is 2.14. The summed E-state index contributed by atoms with van der Waals surface area (Å²) in [5, 5.41) is 16.4. The van der Waals surface area contributed by atoms with E-state index in [-0.39, 0.29) is 0 Å². The summed E-state index contributed by atoms with van der Waals surface area (Å²) < 4.78 is 10.3. The quantitative estimate of drug-likeness (QED) is 0.164. The molecule has 0 saturated carbocycles. The van der Waals surface area contributed by atoms with Crippen molar-refractivity contribution in [2.45, 2.75) is 6.92 Å². The third-order valence-corrected chi connectivity index (χ3v) is 4.48. The Bertz CT molecular complexity index is 1050. The lowest BCUT2D eigenvalue weighted by Gasteiger charge is -2.00. The van der Waals surface area contributed by atoms with Crippen LogP contribution in [0, 0.1) is 6.92 Å². The molecule has 0 spiro atoms. The SMILES string of the molecule is Cc1cccc(N)c1.Nc1cccc(Br)c1.Nc1cccc(O[B]O)c1.Nc1cccc(O[B]O)c1. The molecule has 0 aromatic heterocycles. The standard InChI is InChI=1S/C7H9N.2C6H7BNO2.C6H6BrN/c1-6-3-2-4-7(8)5-6;2*8-5-2-1-3-6(4-5)10-7-9;7-5-2-1-3-6(8)4-5/h2-5H,8H2,1H3;2*1-4,9H,8H2;1-4H,8H2. The molecule has 0 aliphatic heterocycles. The first-order valence-corrected chi connectivity index (χ1v) is 11.3. The molecular weight excluding hydrogens is 522 g/mol. The molecule has 0 bridgehead atoms. The van der Waals surface area contributed by atoms with Gasteiger partial charge in [-0.05, 0) is 67.1 Å². The Labute approximate surface area is 221 Å². The Morgan fingerprint density at radius 1 is 0.583 bits per heavy atom. The molecule has 8 nitrogen and oxygen atoms in total. The van der Waals surface area contributed by atoms with Gasteiger partial charge >= 0.3 is 15.4 Å². The van der Waals surface area contributed by atoms with Gasteiger partial charge in [-0.3, -0.25) is 0 Å². The number of hydrogen-bond acceptors (Lipinski definition) is 8.